The van der Waals surface area contributed by atoms with Crippen LogP contribution in [0.5, 0.6) is 0 Å². The standard InChI is InChI=1S/C18H25N3O3/c1-11(2)8-17(23)20-14(10-16(19)22)18(24)21-12(3)9-13-6-4-5-7-15(13)21/h4-7,11-12,14H,8-10H2,1-3H3,(H2,19,22)(H,20,23). The number of nitrogens with zero attached hydrogens (tertiary/aromatic N) is 1. The summed E-state index contributed by atoms with van der Waals surface area (Å²) >= 11 is 0. The largest absolute Gasteiger partial charge is 0.370 e. The summed E-state index contributed by atoms with van der Waals surface area (Å²) in [4.78, 5) is 38.1. The Labute approximate surface area is 142 Å². The van der Waals surface area contributed by atoms with Crippen LogP contribution in [0.25, 0.3) is 0 Å². The number of hydrogen-bond donors (Lipinski definition) is 2. The third-order valence-electron chi connectivity index (χ3n) is 4.08. The molecule has 3 amide bonds. The summed E-state index contributed by atoms with van der Waals surface area (Å²) in [5, 5.41) is 2.68. The molecule has 2 rings (SSSR count). The number of hydrogen-bond acceptors (Lipinski definition) is 3. The molecule has 1 aliphatic rings. The van der Waals surface area contributed by atoms with Crippen LogP contribution in [0.3, 0.4) is 0 Å². The Morgan fingerprint density at radius 1 is 1.25 bits per heavy atom. The van der Waals surface area contributed by atoms with Crippen LogP contribution < -0.4 is 16.0 Å². The van der Waals surface area contributed by atoms with E-state index in [9.17, 15) is 14.4 Å². The number of nitrogens with two attached hydrogens (primary N) is 1. The normalized spacial score (nSPS) is 17.5. The maximum atomic E-state index is 13.0. The topological polar surface area (TPSA) is 92.5 Å². The Bertz CT molecular complexity index is 642. The molecule has 0 spiro atoms. The average molecular weight is 331 g/mol. The van der Waals surface area contributed by atoms with E-state index < -0.39 is 11.9 Å². The number of rotatable bonds is 6. The van der Waals surface area contributed by atoms with Crippen LogP contribution in [0.2, 0.25) is 0 Å². The predicted octanol–water partition coefficient (Wildman–Crippen LogP) is 1.37. The molecular formula is C18H25N3O3. The van der Waals surface area contributed by atoms with Crippen LogP contribution in [0.4, 0.5) is 5.69 Å². The van der Waals surface area contributed by atoms with Gasteiger partial charge in [-0.2, -0.15) is 0 Å². The summed E-state index contributed by atoms with van der Waals surface area (Å²) in [6.07, 6.45) is 0.855. The number of fused-ring (bicyclic) bond motifs is 1. The van der Waals surface area contributed by atoms with E-state index in [4.69, 9.17) is 5.73 Å². The van der Waals surface area contributed by atoms with Gasteiger partial charge in [-0.05, 0) is 30.9 Å². The van der Waals surface area contributed by atoms with Gasteiger partial charge < -0.3 is 16.0 Å². The molecule has 6 nitrogen and oxygen atoms in total. The van der Waals surface area contributed by atoms with E-state index in [0.717, 1.165) is 17.7 Å². The van der Waals surface area contributed by atoms with Crippen LogP contribution in [-0.2, 0) is 20.8 Å². The lowest BCUT2D eigenvalue weighted by Crippen LogP contribution is -2.52. The zero-order chi connectivity index (χ0) is 17.9. The van der Waals surface area contributed by atoms with Gasteiger partial charge >= 0.3 is 0 Å². The molecule has 24 heavy (non-hydrogen) atoms. The first-order valence-electron chi connectivity index (χ1n) is 8.28. The summed E-state index contributed by atoms with van der Waals surface area (Å²) in [7, 11) is 0. The number of carbonyl (C=O) groups excluding carboxylic acids is 3. The highest BCUT2D eigenvalue weighted by atomic mass is 16.2. The van der Waals surface area contributed by atoms with Gasteiger partial charge in [0.05, 0.1) is 6.42 Å². The molecule has 0 bridgehead atoms. The lowest BCUT2D eigenvalue weighted by Gasteiger charge is -2.28. The molecule has 1 heterocycles. The molecule has 130 valence electrons. The van der Waals surface area contributed by atoms with E-state index in [0.29, 0.717) is 6.42 Å². The molecule has 0 aromatic heterocycles. The fourth-order valence-corrected chi connectivity index (χ4v) is 3.09. The van der Waals surface area contributed by atoms with Crippen LogP contribution in [0, 0.1) is 5.92 Å². The van der Waals surface area contributed by atoms with E-state index in [1.54, 1.807) is 4.90 Å². The van der Waals surface area contributed by atoms with Crippen LogP contribution in [0.1, 0.15) is 39.2 Å². The first-order chi connectivity index (χ1) is 11.3. The molecule has 0 saturated heterocycles. The summed E-state index contributed by atoms with van der Waals surface area (Å²) in [6, 6.07) is 6.73. The number of anilines is 1. The Hall–Kier alpha value is -2.37. The van der Waals surface area contributed by atoms with Crippen molar-refractivity contribution < 1.29 is 14.4 Å². The summed E-state index contributed by atoms with van der Waals surface area (Å²) in [5.41, 5.74) is 7.20. The van der Waals surface area contributed by atoms with Crippen molar-refractivity contribution in [1.82, 2.24) is 5.32 Å². The van der Waals surface area contributed by atoms with Crippen LogP contribution in [-0.4, -0.2) is 29.8 Å². The second-order valence-electron chi connectivity index (χ2n) is 6.78. The van der Waals surface area contributed by atoms with Crippen molar-refractivity contribution in [2.45, 2.75) is 52.1 Å². The van der Waals surface area contributed by atoms with Gasteiger partial charge in [0.15, 0.2) is 0 Å². The van der Waals surface area contributed by atoms with Crippen LogP contribution in [0.15, 0.2) is 24.3 Å². The summed E-state index contributed by atoms with van der Waals surface area (Å²) < 4.78 is 0. The maximum absolute atomic E-state index is 13.0. The zero-order valence-corrected chi connectivity index (χ0v) is 14.4. The van der Waals surface area contributed by atoms with Crippen LogP contribution >= 0.6 is 0 Å². The Morgan fingerprint density at radius 3 is 2.54 bits per heavy atom. The Morgan fingerprint density at radius 2 is 1.92 bits per heavy atom. The van der Waals surface area contributed by atoms with Crippen molar-refractivity contribution in [3.8, 4) is 0 Å². The average Bonchev–Trinajstić information content (AvgIpc) is 2.80. The third-order valence-corrected chi connectivity index (χ3v) is 4.08. The Balaban J connectivity index is 2.21. The van der Waals surface area contributed by atoms with Crippen molar-refractivity contribution in [1.29, 1.82) is 0 Å². The van der Waals surface area contributed by atoms with Crippen molar-refractivity contribution in [2.75, 3.05) is 4.90 Å². The van der Waals surface area contributed by atoms with E-state index in [1.165, 1.54) is 0 Å². The highest BCUT2D eigenvalue weighted by Gasteiger charge is 2.35. The molecule has 1 aromatic carbocycles. The number of benzene rings is 1. The summed E-state index contributed by atoms with van der Waals surface area (Å²) in [5.74, 6) is -0.979. The smallest absolute Gasteiger partial charge is 0.250 e. The molecule has 0 aliphatic carbocycles. The van der Waals surface area contributed by atoms with E-state index in [2.05, 4.69) is 5.32 Å². The van der Waals surface area contributed by atoms with Gasteiger partial charge in [0.1, 0.15) is 6.04 Å². The lowest BCUT2D eigenvalue weighted by molar-refractivity contribution is -0.130. The molecule has 1 aromatic rings. The lowest BCUT2D eigenvalue weighted by atomic mass is 10.1. The molecule has 6 heteroatoms. The molecule has 0 saturated carbocycles. The minimum Gasteiger partial charge on any atom is -0.370 e. The highest BCUT2D eigenvalue weighted by molar-refractivity contribution is 6.03. The first-order valence-corrected chi connectivity index (χ1v) is 8.28. The molecule has 2 atom stereocenters. The van der Waals surface area contributed by atoms with Gasteiger partial charge in [-0.15, -0.1) is 0 Å². The zero-order valence-electron chi connectivity index (χ0n) is 14.4. The second-order valence-corrected chi connectivity index (χ2v) is 6.78. The van der Waals surface area contributed by atoms with Crippen molar-refractivity contribution >= 4 is 23.4 Å². The third kappa shape index (κ3) is 4.13. The van der Waals surface area contributed by atoms with Gasteiger partial charge in [0.2, 0.25) is 17.7 Å². The van der Waals surface area contributed by atoms with Gasteiger partial charge in [-0.3, -0.25) is 14.4 Å². The maximum Gasteiger partial charge on any atom is 0.250 e. The number of primary amides is 1. The molecular weight excluding hydrogens is 306 g/mol. The van der Waals surface area contributed by atoms with E-state index >= 15 is 0 Å². The molecule has 1 aliphatic heterocycles. The first kappa shape index (κ1) is 18.0. The van der Waals surface area contributed by atoms with Crippen molar-refractivity contribution in [3.05, 3.63) is 29.8 Å². The SMILES string of the molecule is CC(C)CC(=O)NC(CC(N)=O)C(=O)N1c2ccccc2CC1C. The van der Waals surface area contributed by atoms with E-state index in [-0.39, 0.29) is 30.2 Å². The van der Waals surface area contributed by atoms with Gasteiger partial charge in [0.25, 0.3) is 0 Å². The monoisotopic (exact) mass is 331 g/mol. The van der Waals surface area contributed by atoms with Gasteiger partial charge in [-0.25, -0.2) is 0 Å². The highest BCUT2D eigenvalue weighted by Crippen LogP contribution is 2.32. The van der Waals surface area contributed by atoms with E-state index in [1.807, 2.05) is 45.0 Å². The number of nitrogens with one attached hydrogen (secondary N) is 1. The quantitative estimate of drug-likeness (QED) is 0.824. The second kappa shape index (κ2) is 7.47. The number of amides is 3. The van der Waals surface area contributed by atoms with Crippen molar-refractivity contribution in [2.24, 2.45) is 11.7 Å². The number of para-hydroxylation sites is 1. The molecule has 3 N–H and O–H groups in total. The Kier molecular flexibility index (Phi) is 5.59. The fraction of sp³-hybridized carbons (Fsp3) is 0.500. The minimum atomic E-state index is -0.928. The van der Waals surface area contributed by atoms with Gasteiger partial charge in [-0.1, -0.05) is 32.0 Å². The molecule has 0 radical (unpaired) electrons. The number of carbonyl (C=O) groups is 3. The molecule has 0 fully saturated rings. The van der Waals surface area contributed by atoms with Crippen molar-refractivity contribution in [3.63, 3.8) is 0 Å². The summed E-state index contributed by atoms with van der Waals surface area (Å²) in [6.45, 7) is 5.79. The predicted molar refractivity (Wildman–Crippen MR) is 92.3 cm³/mol. The fourth-order valence-electron chi connectivity index (χ4n) is 3.09. The molecule has 2 unspecified atom stereocenters. The van der Waals surface area contributed by atoms with Gasteiger partial charge in [0, 0.05) is 18.2 Å². The minimum absolute atomic E-state index is 0.0210.